The van der Waals surface area contributed by atoms with Crippen LogP contribution >= 0.6 is 34.8 Å². The number of hydrogen-bond donors (Lipinski definition) is 1. The number of nitrogens with zero attached hydrogens (tertiary/aromatic N) is 1. The molecule has 0 saturated carbocycles. The molecule has 1 heterocycles. The van der Waals surface area contributed by atoms with Crippen molar-refractivity contribution in [1.82, 2.24) is 4.98 Å². The Kier molecular flexibility index (Phi) is 3.43. The maximum absolute atomic E-state index is 12.9. The maximum Gasteiger partial charge on any atom is 0.143 e. The molecule has 0 atom stereocenters. The minimum absolute atomic E-state index is 0.145. The van der Waals surface area contributed by atoms with Gasteiger partial charge in [-0.2, -0.15) is 0 Å². The molecule has 17 heavy (non-hydrogen) atoms. The van der Waals surface area contributed by atoms with E-state index < -0.39 is 5.82 Å². The molecule has 0 fully saturated rings. The smallest absolute Gasteiger partial charge is 0.143 e. The highest BCUT2D eigenvalue weighted by molar-refractivity contribution is 6.38. The number of hydrogen-bond acceptors (Lipinski definition) is 2. The van der Waals surface area contributed by atoms with Gasteiger partial charge in [0.15, 0.2) is 0 Å². The molecule has 0 bridgehead atoms. The first-order chi connectivity index (χ1) is 7.99. The van der Waals surface area contributed by atoms with Crippen LogP contribution in [0.3, 0.4) is 0 Å². The molecule has 2 rings (SSSR count). The van der Waals surface area contributed by atoms with Gasteiger partial charge in [0.05, 0.1) is 20.8 Å². The molecule has 2 nitrogen and oxygen atoms in total. The summed E-state index contributed by atoms with van der Waals surface area (Å²) in [6, 6.07) is 5.41. The average Bonchev–Trinajstić information content (AvgIpc) is 2.24. The fourth-order valence-corrected chi connectivity index (χ4v) is 2.07. The Morgan fingerprint density at radius 2 is 1.71 bits per heavy atom. The normalized spacial score (nSPS) is 10.6. The average molecular weight is 292 g/mol. The number of pyridine rings is 1. The van der Waals surface area contributed by atoms with E-state index in [0.29, 0.717) is 16.3 Å². The molecule has 1 aromatic carbocycles. The van der Waals surface area contributed by atoms with Crippen molar-refractivity contribution in [2.45, 2.75) is 0 Å². The number of rotatable bonds is 1. The molecule has 0 unspecified atom stereocenters. The van der Waals surface area contributed by atoms with Crippen molar-refractivity contribution >= 4 is 40.6 Å². The Labute approximate surface area is 112 Å². The van der Waals surface area contributed by atoms with Crippen molar-refractivity contribution in [3.05, 3.63) is 45.2 Å². The van der Waals surface area contributed by atoms with Gasteiger partial charge >= 0.3 is 0 Å². The maximum atomic E-state index is 12.9. The Morgan fingerprint density at radius 3 is 2.35 bits per heavy atom. The van der Waals surface area contributed by atoms with Crippen LogP contribution in [0.2, 0.25) is 15.1 Å². The van der Waals surface area contributed by atoms with Crippen molar-refractivity contribution < 1.29 is 4.39 Å². The van der Waals surface area contributed by atoms with Gasteiger partial charge in [0.1, 0.15) is 11.6 Å². The lowest BCUT2D eigenvalue weighted by Crippen LogP contribution is -1.95. The Morgan fingerprint density at radius 1 is 1.00 bits per heavy atom. The van der Waals surface area contributed by atoms with E-state index in [-0.39, 0.29) is 15.9 Å². The molecule has 2 N–H and O–H groups in total. The quantitative estimate of drug-likeness (QED) is 0.844. The Bertz CT molecular complexity index is 587. The van der Waals surface area contributed by atoms with Gasteiger partial charge in [-0.25, -0.2) is 9.37 Å². The summed E-state index contributed by atoms with van der Waals surface area (Å²) in [5.41, 5.74) is 6.46. The second-order valence-electron chi connectivity index (χ2n) is 3.31. The highest BCUT2D eigenvalue weighted by Gasteiger charge is 2.12. The van der Waals surface area contributed by atoms with Crippen molar-refractivity contribution in [2.75, 3.05) is 5.73 Å². The number of benzene rings is 1. The van der Waals surface area contributed by atoms with Gasteiger partial charge in [-0.05, 0) is 24.3 Å². The molecule has 0 amide bonds. The fourth-order valence-electron chi connectivity index (χ4n) is 1.35. The number of nitrogen functional groups attached to an aromatic ring is 1. The Hall–Kier alpha value is -1.03. The number of nitrogens with two attached hydrogens (primary N) is 1. The third kappa shape index (κ3) is 2.46. The zero-order valence-electron chi connectivity index (χ0n) is 8.35. The van der Waals surface area contributed by atoms with E-state index >= 15 is 0 Å². The minimum atomic E-state index is -0.434. The van der Waals surface area contributed by atoms with Gasteiger partial charge < -0.3 is 5.73 Å². The lowest BCUT2D eigenvalue weighted by atomic mass is 10.1. The SMILES string of the molecule is Nc1nc(-c2ccc(F)cc2Cl)c(Cl)cc1Cl. The van der Waals surface area contributed by atoms with Crippen LogP contribution in [0.25, 0.3) is 11.3 Å². The Balaban J connectivity index is 2.64. The van der Waals surface area contributed by atoms with Crippen LogP contribution in [0.1, 0.15) is 0 Å². The zero-order chi connectivity index (χ0) is 12.6. The number of aromatic nitrogens is 1. The summed E-state index contributed by atoms with van der Waals surface area (Å²) < 4.78 is 12.9. The highest BCUT2D eigenvalue weighted by atomic mass is 35.5. The van der Waals surface area contributed by atoms with Gasteiger partial charge in [0, 0.05) is 5.56 Å². The van der Waals surface area contributed by atoms with E-state index in [4.69, 9.17) is 40.5 Å². The molecule has 0 radical (unpaired) electrons. The number of halogens is 4. The zero-order valence-corrected chi connectivity index (χ0v) is 10.6. The van der Waals surface area contributed by atoms with E-state index in [1.165, 1.54) is 24.3 Å². The molecule has 88 valence electrons. The summed E-state index contributed by atoms with van der Waals surface area (Å²) in [7, 11) is 0. The number of anilines is 1. The third-order valence-electron chi connectivity index (χ3n) is 2.14. The van der Waals surface area contributed by atoms with Crippen LogP contribution in [0.15, 0.2) is 24.3 Å². The van der Waals surface area contributed by atoms with E-state index in [1.54, 1.807) is 0 Å². The first-order valence-corrected chi connectivity index (χ1v) is 5.69. The molecule has 0 spiro atoms. The van der Waals surface area contributed by atoms with Crippen LogP contribution in [0.5, 0.6) is 0 Å². The summed E-state index contributed by atoms with van der Waals surface area (Å²) in [6.07, 6.45) is 0. The largest absolute Gasteiger partial charge is 0.382 e. The van der Waals surface area contributed by atoms with Gasteiger partial charge in [-0.1, -0.05) is 34.8 Å². The van der Waals surface area contributed by atoms with Crippen LogP contribution in [0, 0.1) is 5.82 Å². The molecule has 1 aromatic heterocycles. The van der Waals surface area contributed by atoms with Crippen LogP contribution in [0.4, 0.5) is 10.2 Å². The predicted octanol–water partition coefficient (Wildman–Crippen LogP) is 4.43. The summed E-state index contributed by atoms with van der Waals surface area (Å²) in [6.45, 7) is 0. The second kappa shape index (κ2) is 4.69. The van der Waals surface area contributed by atoms with Crippen molar-refractivity contribution in [2.24, 2.45) is 0 Å². The lowest BCUT2D eigenvalue weighted by molar-refractivity contribution is 0.628. The first-order valence-electron chi connectivity index (χ1n) is 4.56. The fraction of sp³-hybridized carbons (Fsp3) is 0. The third-order valence-corrected chi connectivity index (χ3v) is 3.05. The molecule has 0 saturated heterocycles. The van der Waals surface area contributed by atoms with Crippen molar-refractivity contribution in [3.63, 3.8) is 0 Å². The highest BCUT2D eigenvalue weighted by Crippen LogP contribution is 2.35. The van der Waals surface area contributed by atoms with Crippen LogP contribution in [-0.4, -0.2) is 4.98 Å². The van der Waals surface area contributed by atoms with Crippen LogP contribution < -0.4 is 5.73 Å². The molecule has 0 aliphatic carbocycles. The standard InChI is InChI=1S/C11H6Cl3FN2/c12-7-3-5(15)1-2-6(7)10-8(13)4-9(14)11(16)17-10/h1-4H,(H2,16,17). The first kappa shape index (κ1) is 12.4. The summed E-state index contributed by atoms with van der Waals surface area (Å²) in [4.78, 5) is 4.04. The lowest BCUT2D eigenvalue weighted by Gasteiger charge is -2.08. The van der Waals surface area contributed by atoms with Gasteiger partial charge in [0.2, 0.25) is 0 Å². The van der Waals surface area contributed by atoms with Gasteiger partial charge in [0.25, 0.3) is 0 Å². The topological polar surface area (TPSA) is 38.9 Å². The minimum Gasteiger partial charge on any atom is -0.382 e. The predicted molar refractivity (Wildman–Crippen MR) is 69.1 cm³/mol. The summed E-state index contributed by atoms with van der Waals surface area (Å²) in [5, 5.41) is 0.774. The molecule has 0 aliphatic heterocycles. The molecular weight excluding hydrogens is 285 g/mol. The van der Waals surface area contributed by atoms with Gasteiger partial charge in [-0.3, -0.25) is 0 Å². The van der Waals surface area contributed by atoms with E-state index in [0.717, 1.165) is 0 Å². The molecular formula is C11H6Cl3FN2. The molecule has 6 heteroatoms. The summed E-state index contributed by atoms with van der Waals surface area (Å²) in [5.74, 6) is -0.289. The van der Waals surface area contributed by atoms with Crippen molar-refractivity contribution in [1.29, 1.82) is 0 Å². The monoisotopic (exact) mass is 290 g/mol. The molecule has 0 aliphatic rings. The molecule has 2 aromatic rings. The van der Waals surface area contributed by atoms with Gasteiger partial charge in [-0.15, -0.1) is 0 Å². The van der Waals surface area contributed by atoms with E-state index in [2.05, 4.69) is 4.98 Å². The summed E-state index contributed by atoms with van der Waals surface area (Å²) >= 11 is 17.7. The van der Waals surface area contributed by atoms with E-state index in [1.807, 2.05) is 0 Å². The van der Waals surface area contributed by atoms with E-state index in [9.17, 15) is 4.39 Å². The second-order valence-corrected chi connectivity index (χ2v) is 4.53. The van der Waals surface area contributed by atoms with Crippen molar-refractivity contribution in [3.8, 4) is 11.3 Å². The van der Waals surface area contributed by atoms with Crippen LogP contribution in [-0.2, 0) is 0 Å².